The Morgan fingerprint density at radius 1 is 1.05 bits per heavy atom. The van der Waals surface area contributed by atoms with Gasteiger partial charge in [-0.3, -0.25) is 0 Å². The van der Waals surface area contributed by atoms with Crippen molar-refractivity contribution < 1.29 is 9.29 Å². The summed E-state index contributed by atoms with van der Waals surface area (Å²) in [6.07, 6.45) is 0. The number of thiocarbonyl (C=S) groups is 1. The molecule has 0 radical (unpaired) electrons. The number of anilines is 1. The molecule has 2 aromatic rings. The van der Waals surface area contributed by atoms with Crippen molar-refractivity contribution in [2.75, 3.05) is 19.4 Å². The third-order valence-electron chi connectivity index (χ3n) is 3.20. The molecule has 2 rings (SSSR count). The lowest BCUT2D eigenvalue weighted by Gasteiger charge is -2.14. The molecule has 0 fully saturated rings. The topological polar surface area (TPSA) is 28.5 Å². The Balaban J connectivity index is 1.92. The monoisotopic (exact) mass is 318 g/mol. The first-order valence-electron chi connectivity index (χ1n) is 7.21. The first-order chi connectivity index (χ1) is 10.5. The maximum Gasteiger partial charge on any atom is 0.171 e. The Hall–Kier alpha value is -1.98. The first kappa shape index (κ1) is 16.4. The lowest BCUT2D eigenvalue weighted by Crippen LogP contribution is -3.04. The van der Waals surface area contributed by atoms with E-state index in [1.807, 2.05) is 6.07 Å². The van der Waals surface area contributed by atoms with Crippen LogP contribution in [-0.4, -0.2) is 19.2 Å². The highest BCUT2D eigenvalue weighted by Gasteiger charge is 2.06. The molecule has 0 atom stereocenters. The van der Waals surface area contributed by atoms with E-state index in [4.69, 9.17) is 12.2 Å². The summed E-state index contributed by atoms with van der Waals surface area (Å²) in [6.45, 7) is 1.63. The highest BCUT2D eigenvalue weighted by Crippen LogP contribution is 2.09. The third-order valence-corrected chi connectivity index (χ3v) is 3.45. The highest BCUT2D eigenvalue weighted by molar-refractivity contribution is 7.80. The van der Waals surface area contributed by atoms with Crippen LogP contribution in [0.3, 0.4) is 0 Å². The quantitative estimate of drug-likeness (QED) is 0.736. The Morgan fingerprint density at radius 3 is 2.32 bits per heavy atom. The van der Waals surface area contributed by atoms with Gasteiger partial charge in [0.05, 0.1) is 14.1 Å². The molecule has 0 aliphatic heterocycles. The molecular weight excluding hydrogens is 297 g/mol. The van der Waals surface area contributed by atoms with Gasteiger partial charge in [-0.1, -0.05) is 24.3 Å². The van der Waals surface area contributed by atoms with E-state index in [0.717, 1.165) is 12.2 Å². The van der Waals surface area contributed by atoms with Crippen LogP contribution in [0.5, 0.6) is 0 Å². The minimum absolute atomic E-state index is 0.260. The fourth-order valence-electron chi connectivity index (χ4n) is 2.17. The van der Waals surface area contributed by atoms with Crippen LogP contribution in [0.25, 0.3) is 0 Å². The number of benzene rings is 2. The van der Waals surface area contributed by atoms with E-state index in [1.54, 1.807) is 12.1 Å². The molecule has 0 aromatic heterocycles. The molecule has 0 unspecified atom stereocenters. The van der Waals surface area contributed by atoms with Gasteiger partial charge in [-0.15, -0.1) is 0 Å². The Labute approximate surface area is 136 Å². The van der Waals surface area contributed by atoms with Gasteiger partial charge in [0.2, 0.25) is 0 Å². The van der Waals surface area contributed by atoms with Gasteiger partial charge in [-0.05, 0) is 42.0 Å². The summed E-state index contributed by atoms with van der Waals surface area (Å²) in [5, 5.41) is 6.77. The molecule has 0 aliphatic rings. The largest absolute Gasteiger partial charge is 0.358 e. The van der Waals surface area contributed by atoms with Crippen LogP contribution in [0.2, 0.25) is 0 Å². The number of hydrogen-bond donors (Lipinski definition) is 3. The van der Waals surface area contributed by atoms with Crippen LogP contribution >= 0.6 is 12.2 Å². The number of rotatable bonds is 5. The van der Waals surface area contributed by atoms with Gasteiger partial charge in [0.1, 0.15) is 12.4 Å². The van der Waals surface area contributed by atoms with E-state index in [2.05, 4.69) is 42.9 Å². The zero-order valence-corrected chi connectivity index (χ0v) is 13.6. The summed E-state index contributed by atoms with van der Waals surface area (Å²) in [5.74, 6) is -0.260. The SMILES string of the molecule is C[NH+](C)Cc1ccccc1CNC(=S)Nc1ccc(F)cc1. The molecule has 2 aromatic carbocycles. The zero-order chi connectivity index (χ0) is 15.9. The lowest BCUT2D eigenvalue weighted by atomic mass is 10.1. The number of nitrogens with one attached hydrogen (secondary N) is 3. The van der Waals surface area contributed by atoms with Crippen molar-refractivity contribution in [1.82, 2.24) is 5.32 Å². The van der Waals surface area contributed by atoms with E-state index in [9.17, 15) is 4.39 Å². The maximum atomic E-state index is 12.9. The molecule has 5 heteroatoms. The van der Waals surface area contributed by atoms with Crippen molar-refractivity contribution in [3.63, 3.8) is 0 Å². The average molecular weight is 318 g/mol. The van der Waals surface area contributed by atoms with Gasteiger partial charge in [-0.2, -0.15) is 0 Å². The van der Waals surface area contributed by atoms with Crippen molar-refractivity contribution in [3.05, 3.63) is 65.5 Å². The Bertz CT molecular complexity index is 626. The Morgan fingerprint density at radius 2 is 1.68 bits per heavy atom. The normalized spacial score (nSPS) is 10.5. The second-order valence-corrected chi connectivity index (χ2v) is 5.88. The van der Waals surface area contributed by atoms with Crippen LogP contribution in [0.1, 0.15) is 11.1 Å². The van der Waals surface area contributed by atoms with Gasteiger partial charge < -0.3 is 15.5 Å². The zero-order valence-electron chi connectivity index (χ0n) is 12.8. The van der Waals surface area contributed by atoms with Crippen LogP contribution in [0.15, 0.2) is 48.5 Å². The van der Waals surface area contributed by atoms with E-state index >= 15 is 0 Å². The summed E-state index contributed by atoms with van der Waals surface area (Å²) < 4.78 is 12.9. The number of halogens is 1. The van der Waals surface area contributed by atoms with Gasteiger partial charge >= 0.3 is 0 Å². The van der Waals surface area contributed by atoms with Crippen molar-refractivity contribution in [3.8, 4) is 0 Å². The van der Waals surface area contributed by atoms with Gasteiger partial charge in [0.25, 0.3) is 0 Å². The second-order valence-electron chi connectivity index (χ2n) is 5.47. The minimum atomic E-state index is -0.260. The van der Waals surface area contributed by atoms with Crippen LogP contribution in [-0.2, 0) is 13.1 Å². The van der Waals surface area contributed by atoms with Gasteiger partial charge in [0.15, 0.2) is 5.11 Å². The molecule has 0 spiro atoms. The summed E-state index contributed by atoms with van der Waals surface area (Å²) in [4.78, 5) is 1.37. The first-order valence-corrected chi connectivity index (χ1v) is 7.61. The van der Waals surface area contributed by atoms with Crippen LogP contribution in [0.4, 0.5) is 10.1 Å². The average Bonchev–Trinajstić information content (AvgIpc) is 2.48. The minimum Gasteiger partial charge on any atom is -0.358 e. The van der Waals surface area contributed by atoms with Crippen LogP contribution in [0, 0.1) is 5.82 Å². The van der Waals surface area contributed by atoms with Crippen molar-refractivity contribution in [2.24, 2.45) is 0 Å². The smallest absolute Gasteiger partial charge is 0.171 e. The summed E-state index contributed by atoms with van der Waals surface area (Å²) >= 11 is 5.28. The molecule has 0 aliphatic carbocycles. The standard InChI is InChI=1S/C17H20FN3S/c1-21(2)12-14-6-4-3-5-13(14)11-19-17(22)20-16-9-7-15(18)8-10-16/h3-10H,11-12H2,1-2H3,(H2,19,20,22)/p+1. The summed E-state index contributed by atoms with van der Waals surface area (Å²) in [5.41, 5.74) is 3.30. The maximum absolute atomic E-state index is 12.9. The predicted octanol–water partition coefficient (Wildman–Crippen LogP) is 1.96. The van der Waals surface area contributed by atoms with E-state index in [1.165, 1.54) is 28.2 Å². The second kappa shape index (κ2) is 7.87. The molecule has 0 saturated carbocycles. The molecule has 116 valence electrons. The Kier molecular flexibility index (Phi) is 5.86. The highest BCUT2D eigenvalue weighted by atomic mass is 32.1. The van der Waals surface area contributed by atoms with Crippen molar-refractivity contribution in [1.29, 1.82) is 0 Å². The predicted molar refractivity (Wildman–Crippen MR) is 92.4 cm³/mol. The van der Waals surface area contributed by atoms with Crippen molar-refractivity contribution >= 4 is 23.0 Å². The van der Waals surface area contributed by atoms with Crippen molar-refractivity contribution in [2.45, 2.75) is 13.1 Å². The molecule has 0 heterocycles. The summed E-state index contributed by atoms with van der Waals surface area (Å²) in [7, 11) is 4.26. The fraction of sp³-hybridized carbons (Fsp3) is 0.235. The van der Waals surface area contributed by atoms with E-state index < -0.39 is 0 Å². The third kappa shape index (κ3) is 5.09. The molecule has 0 amide bonds. The molecule has 22 heavy (non-hydrogen) atoms. The number of quaternary nitrogens is 1. The van der Waals surface area contributed by atoms with Gasteiger partial charge in [0, 0.05) is 17.8 Å². The van der Waals surface area contributed by atoms with E-state index in [0.29, 0.717) is 11.7 Å². The molecule has 3 nitrogen and oxygen atoms in total. The lowest BCUT2D eigenvalue weighted by molar-refractivity contribution is -0.872. The molecule has 3 N–H and O–H groups in total. The molecular formula is C17H21FN3S+. The van der Waals surface area contributed by atoms with E-state index in [-0.39, 0.29) is 5.82 Å². The molecule has 0 saturated heterocycles. The number of hydrogen-bond acceptors (Lipinski definition) is 1. The van der Waals surface area contributed by atoms with Gasteiger partial charge in [-0.25, -0.2) is 4.39 Å². The molecule has 0 bridgehead atoms. The van der Waals surface area contributed by atoms with Crippen LogP contribution < -0.4 is 15.5 Å². The summed E-state index contributed by atoms with van der Waals surface area (Å²) in [6, 6.07) is 14.4. The fourth-order valence-corrected chi connectivity index (χ4v) is 2.36.